The van der Waals surface area contributed by atoms with Crippen LogP contribution in [0.25, 0.3) is 0 Å². The second-order valence-corrected chi connectivity index (χ2v) is 6.56. The number of amides is 2. The highest BCUT2D eigenvalue weighted by atomic mass is 35.5. The largest absolute Gasteiger partial charge is 0.465 e. The van der Waals surface area contributed by atoms with Gasteiger partial charge in [0, 0.05) is 11.2 Å². The lowest BCUT2D eigenvalue weighted by Gasteiger charge is -2.30. The number of nitrogens with one attached hydrogen (secondary N) is 1. The number of carbonyl (C=O) groups excluding carboxylic acids is 3. The Balaban J connectivity index is 1.82. The van der Waals surface area contributed by atoms with E-state index < -0.39 is 23.7 Å². The van der Waals surface area contributed by atoms with Crippen LogP contribution in [0.15, 0.2) is 53.5 Å². The molecule has 0 bridgehead atoms. The van der Waals surface area contributed by atoms with Gasteiger partial charge in [-0.3, -0.25) is 19.5 Å². The van der Waals surface area contributed by atoms with E-state index in [1.807, 2.05) is 0 Å². The molecule has 1 atom stereocenters. The first-order valence-corrected chi connectivity index (χ1v) is 8.86. The van der Waals surface area contributed by atoms with E-state index in [9.17, 15) is 14.4 Å². The van der Waals surface area contributed by atoms with E-state index in [0.717, 1.165) is 0 Å². The number of carbonyl (C=O) groups is 3. The lowest BCUT2D eigenvalue weighted by atomic mass is 10.1. The molecule has 0 unspecified atom stereocenters. The molecule has 0 aliphatic carbocycles. The van der Waals surface area contributed by atoms with Gasteiger partial charge in [-0.15, -0.1) is 0 Å². The first-order valence-electron chi connectivity index (χ1n) is 8.07. The highest BCUT2D eigenvalue weighted by Crippen LogP contribution is 2.23. The summed E-state index contributed by atoms with van der Waals surface area (Å²) < 4.78 is 4.63. The number of aliphatic imine (C=N–C) groups is 1. The van der Waals surface area contributed by atoms with Gasteiger partial charge in [-0.25, -0.2) is 4.79 Å². The summed E-state index contributed by atoms with van der Waals surface area (Å²) in [6.45, 7) is 0. The van der Waals surface area contributed by atoms with Crippen molar-refractivity contribution in [2.45, 2.75) is 0 Å². The summed E-state index contributed by atoms with van der Waals surface area (Å²) in [6, 6.07) is 12.7. The van der Waals surface area contributed by atoms with Gasteiger partial charge in [-0.2, -0.15) is 0 Å². The van der Waals surface area contributed by atoms with E-state index >= 15 is 0 Å². The molecule has 1 heterocycles. The molecule has 0 saturated carbocycles. The van der Waals surface area contributed by atoms with Crippen molar-refractivity contribution in [3.8, 4) is 0 Å². The number of methoxy groups -OCH3 is 1. The van der Waals surface area contributed by atoms with Crippen molar-refractivity contribution in [2.75, 3.05) is 12.0 Å². The van der Waals surface area contributed by atoms with Crippen molar-refractivity contribution in [3.05, 3.63) is 59.1 Å². The van der Waals surface area contributed by atoms with Crippen molar-refractivity contribution in [1.29, 1.82) is 0 Å². The third kappa shape index (κ3) is 4.08. The Hall–Kier alpha value is -3.10. The molecule has 0 radical (unpaired) electrons. The van der Waals surface area contributed by atoms with Crippen LogP contribution in [0.1, 0.15) is 10.4 Å². The Kier molecular flexibility index (Phi) is 5.81. The molecule has 2 aromatic carbocycles. The van der Waals surface area contributed by atoms with Crippen molar-refractivity contribution in [3.63, 3.8) is 0 Å². The first kappa shape index (κ1) is 19.7. The Bertz CT molecular complexity index is 974. The van der Waals surface area contributed by atoms with E-state index in [-0.39, 0.29) is 5.11 Å². The first-order chi connectivity index (χ1) is 13.4. The standard InChI is InChI=1S/C19H14ClN3O4S/c1-27-18(26)11-2-6-13(7-3-11)21-10-15-16(24)22-19(28)23(17(15)25)14-8-4-12(20)5-9-14/h2-10,15H,1H3,(H,22,24,28)/t15-/m1/s1. The second-order valence-electron chi connectivity index (χ2n) is 5.74. The van der Waals surface area contributed by atoms with Gasteiger partial charge in [0.1, 0.15) is 0 Å². The minimum atomic E-state index is -1.15. The summed E-state index contributed by atoms with van der Waals surface area (Å²) in [7, 11) is 1.29. The zero-order valence-corrected chi connectivity index (χ0v) is 16.2. The fourth-order valence-electron chi connectivity index (χ4n) is 2.52. The van der Waals surface area contributed by atoms with Crippen molar-refractivity contribution in [1.82, 2.24) is 5.32 Å². The fourth-order valence-corrected chi connectivity index (χ4v) is 2.94. The second kappa shape index (κ2) is 8.28. The molecule has 2 aromatic rings. The van der Waals surface area contributed by atoms with Gasteiger partial charge in [0.15, 0.2) is 11.0 Å². The van der Waals surface area contributed by atoms with Crippen LogP contribution in [0, 0.1) is 5.92 Å². The molecule has 9 heteroatoms. The van der Waals surface area contributed by atoms with Gasteiger partial charge in [-0.05, 0) is 60.7 Å². The third-order valence-electron chi connectivity index (χ3n) is 3.95. The Morgan fingerprint density at radius 2 is 1.82 bits per heavy atom. The summed E-state index contributed by atoms with van der Waals surface area (Å²) >= 11 is 11.0. The minimum Gasteiger partial charge on any atom is -0.465 e. The number of rotatable bonds is 4. The maximum atomic E-state index is 12.8. The number of benzene rings is 2. The van der Waals surface area contributed by atoms with Gasteiger partial charge in [0.25, 0.3) is 5.91 Å². The predicted molar refractivity (Wildman–Crippen MR) is 109 cm³/mol. The van der Waals surface area contributed by atoms with Crippen LogP contribution < -0.4 is 10.2 Å². The maximum Gasteiger partial charge on any atom is 0.337 e. The molecule has 1 N–H and O–H groups in total. The van der Waals surface area contributed by atoms with Gasteiger partial charge >= 0.3 is 5.97 Å². The van der Waals surface area contributed by atoms with E-state index in [4.69, 9.17) is 23.8 Å². The third-order valence-corrected chi connectivity index (χ3v) is 4.48. The van der Waals surface area contributed by atoms with Crippen molar-refractivity contribution in [2.24, 2.45) is 10.9 Å². The minimum absolute atomic E-state index is 0.00981. The summed E-state index contributed by atoms with van der Waals surface area (Å²) in [5.41, 5.74) is 1.33. The normalized spacial score (nSPS) is 17.0. The average molecular weight is 416 g/mol. The molecule has 7 nitrogen and oxygen atoms in total. The molecule has 1 saturated heterocycles. The summed E-state index contributed by atoms with van der Waals surface area (Å²) in [5.74, 6) is -2.70. The molecule has 1 aliphatic heterocycles. The molecule has 1 aliphatic rings. The predicted octanol–water partition coefficient (Wildman–Crippen LogP) is 2.89. The van der Waals surface area contributed by atoms with Crippen LogP contribution in [0.5, 0.6) is 0 Å². The average Bonchev–Trinajstić information content (AvgIpc) is 2.69. The van der Waals surface area contributed by atoms with Gasteiger partial charge < -0.3 is 10.1 Å². The quantitative estimate of drug-likeness (QED) is 0.359. The molecule has 142 valence electrons. The van der Waals surface area contributed by atoms with Gasteiger partial charge in [0.05, 0.1) is 24.0 Å². The topological polar surface area (TPSA) is 88.1 Å². The Morgan fingerprint density at radius 1 is 1.18 bits per heavy atom. The molecule has 1 fully saturated rings. The van der Waals surface area contributed by atoms with Gasteiger partial charge in [-0.1, -0.05) is 11.6 Å². The van der Waals surface area contributed by atoms with Gasteiger partial charge in [0.2, 0.25) is 5.91 Å². The lowest BCUT2D eigenvalue weighted by molar-refractivity contribution is -0.130. The van der Waals surface area contributed by atoms with Crippen LogP contribution in [0.4, 0.5) is 11.4 Å². The molecular weight excluding hydrogens is 402 g/mol. The molecule has 3 rings (SSSR count). The molecular formula is C19H14ClN3O4S. The highest BCUT2D eigenvalue weighted by Gasteiger charge is 2.38. The monoisotopic (exact) mass is 415 g/mol. The number of esters is 1. The van der Waals surface area contributed by atoms with Crippen molar-refractivity contribution < 1.29 is 19.1 Å². The van der Waals surface area contributed by atoms with E-state index in [0.29, 0.717) is 22.0 Å². The number of halogens is 1. The number of hydrogen-bond acceptors (Lipinski definition) is 6. The zero-order chi connectivity index (χ0) is 20.3. The van der Waals surface area contributed by atoms with Crippen LogP contribution in [-0.4, -0.2) is 36.2 Å². The fraction of sp³-hybridized carbons (Fsp3) is 0.105. The zero-order valence-electron chi connectivity index (χ0n) is 14.6. The van der Waals surface area contributed by atoms with Crippen LogP contribution in [0.2, 0.25) is 5.02 Å². The highest BCUT2D eigenvalue weighted by molar-refractivity contribution is 7.80. The lowest BCUT2D eigenvalue weighted by Crippen LogP contribution is -2.58. The van der Waals surface area contributed by atoms with Crippen LogP contribution >= 0.6 is 23.8 Å². The summed E-state index contributed by atoms with van der Waals surface area (Å²) in [6.07, 6.45) is 1.25. The van der Waals surface area contributed by atoms with E-state index in [1.165, 1.54) is 30.4 Å². The van der Waals surface area contributed by atoms with Crippen LogP contribution in [-0.2, 0) is 14.3 Å². The van der Waals surface area contributed by atoms with Crippen LogP contribution in [0.3, 0.4) is 0 Å². The molecule has 0 aromatic heterocycles. The maximum absolute atomic E-state index is 12.8. The SMILES string of the molecule is COC(=O)c1ccc(N=C[C@@H]2C(=O)NC(=S)N(c3ccc(Cl)cc3)C2=O)cc1. The molecule has 0 spiro atoms. The van der Waals surface area contributed by atoms with E-state index in [1.54, 1.807) is 36.4 Å². The Morgan fingerprint density at radius 3 is 2.43 bits per heavy atom. The smallest absolute Gasteiger partial charge is 0.337 e. The van der Waals surface area contributed by atoms with Crippen molar-refractivity contribution >= 4 is 64.3 Å². The number of thiocarbonyl (C=S) groups is 1. The molecule has 2 amide bonds. The number of anilines is 1. The Labute approximate surface area is 171 Å². The number of nitrogens with zero attached hydrogens (tertiary/aromatic N) is 2. The number of ether oxygens (including phenoxy) is 1. The molecule has 28 heavy (non-hydrogen) atoms. The summed E-state index contributed by atoms with van der Waals surface area (Å²) in [4.78, 5) is 41.9. The van der Waals surface area contributed by atoms with E-state index in [2.05, 4.69) is 15.0 Å². The number of hydrogen-bond donors (Lipinski definition) is 1. The summed E-state index contributed by atoms with van der Waals surface area (Å²) in [5, 5.41) is 3.00.